The van der Waals surface area contributed by atoms with Crippen molar-refractivity contribution >= 4 is 11.8 Å². The number of rotatable bonds is 5. The fourth-order valence-electron chi connectivity index (χ4n) is 4.12. The van der Waals surface area contributed by atoms with Gasteiger partial charge in [0.05, 0.1) is 11.8 Å². The number of hydrogen-bond acceptors (Lipinski definition) is 3. The molecule has 3 nitrogen and oxygen atoms in total. The van der Waals surface area contributed by atoms with Crippen LogP contribution in [0.3, 0.4) is 0 Å². The summed E-state index contributed by atoms with van der Waals surface area (Å²) in [6.07, 6.45) is 12.6. The Morgan fingerprint density at radius 2 is 2.12 bits per heavy atom. The number of halogens is 1. The third kappa shape index (κ3) is 4.38. The van der Waals surface area contributed by atoms with E-state index in [0.29, 0.717) is 5.92 Å². The second kappa shape index (κ2) is 8.46. The average molecular weight is 349 g/mol. The molecule has 0 bridgehead atoms. The molecular formula is C20H29ClN2O. The van der Waals surface area contributed by atoms with Gasteiger partial charge < -0.3 is 5.11 Å². The molecule has 1 saturated heterocycles. The zero-order valence-electron chi connectivity index (χ0n) is 14.6. The van der Waals surface area contributed by atoms with Crippen LogP contribution in [0.1, 0.15) is 56.4 Å². The van der Waals surface area contributed by atoms with Gasteiger partial charge in [-0.15, -0.1) is 0 Å². The summed E-state index contributed by atoms with van der Waals surface area (Å²) in [5.74, 6) is 1.68. The largest absolute Gasteiger partial charge is 0.387 e. The smallest absolute Gasteiger partial charge is 0.0991 e. The number of nitrogens with zero attached hydrogens (tertiary/aromatic N) is 2. The van der Waals surface area contributed by atoms with Crippen LogP contribution in [-0.4, -0.2) is 27.6 Å². The molecule has 24 heavy (non-hydrogen) atoms. The third-order valence-electron chi connectivity index (χ3n) is 5.81. The summed E-state index contributed by atoms with van der Waals surface area (Å²) in [5.41, 5.74) is 2.12. The van der Waals surface area contributed by atoms with E-state index in [0.717, 1.165) is 44.0 Å². The van der Waals surface area contributed by atoms with Crippen LogP contribution in [0, 0.1) is 17.8 Å². The Morgan fingerprint density at radius 3 is 2.88 bits per heavy atom. The molecule has 132 valence electrons. The standard InChI is InChI=1S/C20H29ClN2O/c1-15-5-2-3-6-16(15)8-9-17-7-4-12-22-19(17)20(24)18-10-13-23(21)14-11-18/h2,4-5,7,12,15-16,18,20,24H,3,6,8-11,13-14H2,1H3. The van der Waals surface area contributed by atoms with Crippen molar-refractivity contribution in [3.8, 4) is 0 Å². The lowest BCUT2D eigenvalue weighted by atomic mass is 9.81. The van der Waals surface area contributed by atoms with Crippen LogP contribution < -0.4 is 0 Å². The van der Waals surface area contributed by atoms with Gasteiger partial charge in [-0.25, -0.2) is 4.42 Å². The van der Waals surface area contributed by atoms with Crippen LogP contribution in [0.2, 0.25) is 0 Å². The topological polar surface area (TPSA) is 36.4 Å². The molecule has 0 spiro atoms. The predicted molar refractivity (Wildman–Crippen MR) is 98.7 cm³/mol. The zero-order chi connectivity index (χ0) is 16.9. The van der Waals surface area contributed by atoms with Crippen molar-refractivity contribution in [3.05, 3.63) is 41.7 Å². The molecule has 1 fully saturated rings. The fraction of sp³-hybridized carbons (Fsp3) is 0.650. The molecule has 1 aliphatic carbocycles. The Morgan fingerprint density at radius 1 is 1.33 bits per heavy atom. The van der Waals surface area contributed by atoms with Crippen LogP contribution >= 0.6 is 11.8 Å². The number of pyridine rings is 1. The molecule has 3 atom stereocenters. The van der Waals surface area contributed by atoms with E-state index in [1.54, 1.807) is 0 Å². The lowest BCUT2D eigenvalue weighted by molar-refractivity contribution is 0.0723. The molecule has 1 aromatic rings. The van der Waals surface area contributed by atoms with E-state index < -0.39 is 6.10 Å². The molecule has 1 aromatic heterocycles. The quantitative estimate of drug-likeness (QED) is 0.628. The van der Waals surface area contributed by atoms with Crippen molar-refractivity contribution in [2.24, 2.45) is 17.8 Å². The SMILES string of the molecule is CC1C=CCCC1CCc1cccnc1C(O)C1CCN(Cl)CC1. The van der Waals surface area contributed by atoms with Crippen molar-refractivity contribution in [2.75, 3.05) is 13.1 Å². The van der Waals surface area contributed by atoms with Crippen LogP contribution in [0.25, 0.3) is 0 Å². The highest BCUT2D eigenvalue weighted by molar-refractivity contribution is 6.13. The number of piperidine rings is 1. The van der Waals surface area contributed by atoms with E-state index >= 15 is 0 Å². The number of aryl methyl sites for hydroxylation is 1. The normalized spacial score (nSPS) is 27.3. The average Bonchev–Trinajstić information content (AvgIpc) is 2.61. The Labute approximate surface area is 150 Å². The Hall–Kier alpha value is -0.900. The van der Waals surface area contributed by atoms with Gasteiger partial charge in [-0.2, -0.15) is 0 Å². The second-order valence-electron chi connectivity index (χ2n) is 7.40. The highest BCUT2D eigenvalue weighted by Crippen LogP contribution is 2.33. The lowest BCUT2D eigenvalue weighted by Crippen LogP contribution is -2.30. The van der Waals surface area contributed by atoms with Crippen molar-refractivity contribution in [1.29, 1.82) is 0 Å². The van der Waals surface area contributed by atoms with Crippen LogP contribution in [0.4, 0.5) is 0 Å². The minimum atomic E-state index is -0.463. The number of aliphatic hydroxyl groups is 1. The summed E-state index contributed by atoms with van der Waals surface area (Å²) in [6.45, 7) is 4.01. The van der Waals surface area contributed by atoms with Crippen molar-refractivity contribution in [2.45, 2.75) is 51.6 Å². The summed E-state index contributed by atoms with van der Waals surface area (Å²) in [6, 6.07) is 4.14. The molecule has 0 radical (unpaired) electrons. The van der Waals surface area contributed by atoms with Gasteiger partial charge in [-0.05, 0) is 79.7 Å². The molecule has 1 aliphatic heterocycles. The summed E-state index contributed by atoms with van der Waals surface area (Å²) in [4.78, 5) is 4.55. The first-order valence-electron chi connectivity index (χ1n) is 9.34. The van der Waals surface area contributed by atoms with Crippen molar-refractivity contribution < 1.29 is 5.11 Å². The first-order valence-corrected chi connectivity index (χ1v) is 9.68. The first kappa shape index (κ1) is 17.9. The molecule has 0 aromatic carbocycles. The van der Waals surface area contributed by atoms with Crippen LogP contribution in [0.15, 0.2) is 30.5 Å². The number of aromatic nitrogens is 1. The molecule has 2 aliphatic rings. The molecule has 3 unspecified atom stereocenters. The van der Waals surface area contributed by atoms with Gasteiger partial charge in [0, 0.05) is 19.3 Å². The summed E-state index contributed by atoms with van der Waals surface area (Å²) < 4.78 is 1.82. The summed E-state index contributed by atoms with van der Waals surface area (Å²) >= 11 is 6.04. The van der Waals surface area contributed by atoms with Gasteiger partial charge in [0.15, 0.2) is 0 Å². The second-order valence-corrected chi connectivity index (χ2v) is 7.88. The Kier molecular flexibility index (Phi) is 6.31. The van der Waals surface area contributed by atoms with E-state index in [-0.39, 0.29) is 5.92 Å². The molecular weight excluding hydrogens is 320 g/mol. The van der Waals surface area contributed by atoms with E-state index in [9.17, 15) is 5.11 Å². The molecule has 0 saturated carbocycles. The fourth-order valence-corrected chi connectivity index (χ4v) is 4.32. The lowest BCUT2D eigenvalue weighted by Gasteiger charge is -2.31. The van der Waals surface area contributed by atoms with Crippen LogP contribution in [-0.2, 0) is 6.42 Å². The van der Waals surface area contributed by atoms with Gasteiger partial charge in [0.2, 0.25) is 0 Å². The van der Waals surface area contributed by atoms with Crippen LogP contribution in [0.5, 0.6) is 0 Å². The highest BCUT2D eigenvalue weighted by atomic mass is 35.5. The van der Waals surface area contributed by atoms with E-state index in [4.69, 9.17) is 11.8 Å². The monoisotopic (exact) mass is 348 g/mol. The molecule has 0 amide bonds. The zero-order valence-corrected chi connectivity index (χ0v) is 15.3. The number of allylic oxidation sites excluding steroid dienone is 2. The molecule has 4 heteroatoms. The first-order chi connectivity index (χ1) is 11.6. The van der Waals surface area contributed by atoms with Crippen molar-refractivity contribution in [3.63, 3.8) is 0 Å². The molecule has 3 rings (SSSR count). The van der Waals surface area contributed by atoms with Gasteiger partial charge in [-0.3, -0.25) is 4.98 Å². The van der Waals surface area contributed by atoms with Gasteiger partial charge in [0.25, 0.3) is 0 Å². The molecule has 1 N–H and O–H groups in total. The van der Waals surface area contributed by atoms with Gasteiger partial charge in [-0.1, -0.05) is 25.1 Å². The Bertz CT molecular complexity index is 554. The maximum atomic E-state index is 10.9. The van der Waals surface area contributed by atoms with Gasteiger partial charge in [0.1, 0.15) is 0 Å². The van der Waals surface area contributed by atoms with E-state index in [1.165, 1.54) is 24.8 Å². The maximum Gasteiger partial charge on any atom is 0.0991 e. The third-order valence-corrected chi connectivity index (χ3v) is 6.15. The predicted octanol–water partition coefficient (Wildman–Crippen LogP) is 4.52. The number of hydrogen-bond donors (Lipinski definition) is 1. The summed E-state index contributed by atoms with van der Waals surface area (Å²) in [5, 5.41) is 10.9. The van der Waals surface area contributed by atoms with Crippen molar-refractivity contribution in [1.82, 2.24) is 9.40 Å². The minimum Gasteiger partial charge on any atom is -0.387 e. The van der Waals surface area contributed by atoms with E-state index in [2.05, 4.69) is 30.1 Å². The molecule has 2 heterocycles. The Balaban J connectivity index is 1.65. The van der Waals surface area contributed by atoms with E-state index in [1.807, 2.05) is 16.7 Å². The minimum absolute atomic E-state index is 0.269. The number of aliphatic hydroxyl groups excluding tert-OH is 1. The summed E-state index contributed by atoms with van der Waals surface area (Å²) in [7, 11) is 0. The van der Waals surface area contributed by atoms with Gasteiger partial charge >= 0.3 is 0 Å². The maximum absolute atomic E-state index is 10.9. The highest BCUT2D eigenvalue weighted by Gasteiger charge is 2.28.